The summed E-state index contributed by atoms with van der Waals surface area (Å²) in [6.07, 6.45) is 1.05. The average Bonchev–Trinajstić information content (AvgIpc) is 2.71. The van der Waals surface area contributed by atoms with E-state index in [0.717, 1.165) is 68.5 Å². The molecule has 1 saturated heterocycles. The monoisotopic (exact) mass is 379 g/mol. The molecular weight excluding hydrogens is 350 g/mol. The minimum atomic E-state index is 0.652. The molecule has 0 bridgehead atoms. The summed E-state index contributed by atoms with van der Waals surface area (Å²) >= 11 is 0. The van der Waals surface area contributed by atoms with Gasteiger partial charge in [0.2, 0.25) is 0 Å². The number of nitrogens with one attached hydrogen (secondary N) is 1. The highest BCUT2D eigenvalue weighted by molar-refractivity contribution is 5.59. The maximum Gasteiger partial charge on any atom is 0.119 e. The number of piperazine rings is 1. The summed E-state index contributed by atoms with van der Waals surface area (Å²) in [5, 5.41) is 12.8. The summed E-state index contributed by atoms with van der Waals surface area (Å²) in [4.78, 5) is 9.30. The summed E-state index contributed by atoms with van der Waals surface area (Å²) in [5.41, 5.74) is 4.54. The summed E-state index contributed by atoms with van der Waals surface area (Å²) in [6.45, 7) is 10.00. The van der Waals surface area contributed by atoms with Gasteiger partial charge in [0, 0.05) is 44.1 Å². The van der Waals surface area contributed by atoms with E-state index >= 15 is 0 Å². The first kappa shape index (κ1) is 20.0. The third-order valence-electron chi connectivity index (χ3n) is 5.22. The van der Waals surface area contributed by atoms with Crippen molar-refractivity contribution in [3.63, 3.8) is 0 Å². The third-order valence-corrected chi connectivity index (χ3v) is 5.22. The van der Waals surface area contributed by atoms with E-state index in [1.54, 1.807) is 7.11 Å². The summed E-state index contributed by atoms with van der Waals surface area (Å²) in [5.74, 6) is 0.897. The maximum absolute atomic E-state index is 9.35. The van der Waals surface area contributed by atoms with Crippen LogP contribution in [0.5, 0.6) is 5.75 Å². The van der Waals surface area contributed by atoms with Crippen LogP contribution in [-0.4, -0.2) is 56.3 Å². The van der Waals surface area contributed by atoms with Crippen molar-refractivity contribution in [2.24, 2.45) is 0 Å². The molecule has 1 aromatic carbocycles. The van der Waals surface area contributed by atoms with Gasteiger partial charge in [-0.2, -0.15) is 5.26 Å². The molecule has 0 radical (unpaired) electrons. The Morgan fingerprint density at radius 3 is 2.50 bits per heavy atom. The van der Waals surface area contributed by atoms with Crippen LogP contribution in [0.25, 0.3) is 0 Å². The van der Waals surface area contributed by atoms with Crippen LogP contribution in [0, 0.1) is 25.2 Å². The Balaban J connectivity index is 1.42. The van der Waals surface area contributed by atoms with Crippen LogP contribution in [0.15, 0.2) is 30.3 Å². The van der Waals surface area contributed by atoms with E-state index in [-0.39, 0.29) is 0 Å². The minimum absolute atomic E-state index is 0.652. The highest BCUT2D eigenvalue weighted by atomic mass is 16.5. The Morgan fingerprint density at radius 1 is 1.14 bits per heavy atom. The van der Waals surface area contributed by atoms with Crippen LogP contribution in [0.4, 0.5) is 11.4 Å². The summed E-state index contributed by atoms with van der Waals surface area (Å²) in [6, 6.07) is 12.5. The SMILES string of the molecule is COc1ccc(N2CCN(CCCNc3cc(C)nc(C)c3C#N)CC2)cc1. The Labute approximate surface area is 167 Å². The van der Waals surface area contributed by atoms with Gasteiger partial charge in [0.25, 0.3) is 0 Å². The lowest BCUT2D eigenvalue weighted by Gasteiger charge is -2.36. The molecule has 0 saturated carbocycles. The minimum Gasteiger partial charge on any atom is -0.497 e. The molecule has 1 aliphatic rings. The van der Waals surface area contributed by atoms with Crippen LogP contribution in [0.2, 0.25) is 0 Å². The van der Waals surface area contributed by atoms with Crippen LogP contribution in [0.1, 0.15) is 23.4 Å². The lowest BCUT2D eigenvalue weighted by molar-refractivity contribution is 0.257. The number of nitriles is 1. The molecule has 6 heteroatoms. The van der Waals surface area contributed by atoms with E-state index in [1.165, 1.54) is 5.69 Å². The molecule has 1 N–H and O–H groups in total. The predicted molar refractivity (Wildman–Crippen MR) is 113 cm³/mol. The Kier molecular flexibility index (Phi) is 6.72. The normalized spacial score (nSPS) is 14.6. The number of aryl methyl sites for hydroxylation is 2. The zero-order chi connectivity index (χ0) is 19.9. The fourth-order valence-electron chi connectivity index (χ4n) is 3.66. The molecular formula is C22H29N5O. The Bertz CT molecular complexity index is 820. The van der Waals surface area contributed by atoms with Gasteiger partial charge < -0.3 is 15.0 Å². The zero-order valence-corrected chi connectivity index (χ0v) is 17.0. The van der Waals surface area contributed by atoms with E-state index in [2.05, 4.69) is 38.3 Å². The molecule has 0 aliphatic carbocycles. The van der Waals surface area contributed by atoms with Gasteiger partial charge in [-0.05, 0) is 57.1 Å². The largest absolute Gasteiger partial charge is 0.497 e. The smallest absolute Gasteiger partial charge is 0.119 e. The molecule has 28 heavy (non-hydrogen) atoms. The highest BCUT2D eigenvalue weighted by Gasteiger charge is 2.17. The number of anilines is 2. The van der Waals surface area contributed by atoms with Gasteiger partial charge >= 0.3 is 0 Å². The van der Waals surface area contributed by atoms with Crippen molar-refractivity contribution in [2.45, 2.75) is 20.3 Å². The Hall–Kier alpha value is -2.78. The van der Waals surface area contributed by atoms with Crippen LogP contribution in [-0.2, 0) is 0 Å². The number of benzene rings is 1. The molecule has 3 rings (SSSR count). The molecule has 6 nitrogen and oxygen atoms in total. The molecule has 1 fully saturated rings. The average molecular weight is 380 g/mol. The number of methoxy groups -OCH3 is 1. The predicted octanol–water partition coefficient (Wildman–Crippen LogP) is 3.20. The second kappa shape index (κ2) is 9.43. The van der Waals surface area contributed by atoms with E-state index in [0.29, 0.717) is 5.56 Å². The van der Waals surface area contributed by atoms with Crippen molar-refractivity contribution in [3.05, 3.63) is 47.3 Å². The first-order chi connectivity index (χ1) is 13.6. The van der Waals surface area contributed by atoms with Crippen molar-refractivity contribution in [1.29, 1.82) is 5.26 Å². The van der Waals surface area contributed by atoms with Gasteiger partial charge in [0.15, 0.2) is 0 Å². The number of hydrogen-bond donors (Lipinski definition) is 1. The number of ether oxygens (including phenoxy) is 1. The van der Waals surface area contributed by atoms with Crippen molar-refractivity contribution in [2.75, 3.05) is 56.6 Å². The molecule has 0 amide bonds. The molecule has 0 atom stereocenters. The molecule has 0 spiro atoms. The molecule has 0 unspecified atom stereocenters. The van der Waals surface area contributed by atoms with Gasteiger partial charge in [-0.3, -0.25) is 9.88 Å². The lowest BCUT2D eigenvalue weighted by atomic mass is 10.1. The molecule has 2 aromatic rings. The van der Waals surface area contributed by atoms with Crippen molar-refractivity contribution in [3.8, 4) is 11.8 Å². The molecule has 1 aliphatic heterocycles. The lowest BCUT2D eigenvalue weighted by Crippen LogP contribution is -2.46. The summed E-state index contributed by atoms with van der Waals surface area (Å²) < 4.78 is 5.23. The topological polar surface area (TPSA) is 64.4 Å². The van der Waals surface area contributed by atoms with Crippen molar-refractivity contribution < 1.29 is 4.74 Å². The number of aromatic nitrogens is 1. The first-order valence-electron chi connectivity index (χ1n) is 9.84. The first-order valence-corrected chi connectivity index (χ1v) is 9.84. The maximum atomic E-state index is 9.35. The fraction of sp³-hybridized carbons (Fsp3) is 0.455. The summed E-state index contributed by atoms with van der Waals surface area (Å²) in [7, 11) is 1.70. The number of hydrogen-bond acceptors (Lipinski definition) is 6. The second-order valence-corrected chi connectivity index (χ2v) is 7.19. The van der Waals surface area contributed by atoms with E-state index < -0.39 is 0 Å². The van der Waals surface area contributed by atoms with Crippen LogP contribution >= 0.6 is 0 Å². The van der Waals surface area contributed by atoms with E-state index in [1.807, 2.05) is 32.0 Å². The van der Waals surface area contributed by atoms with Gasteiger partial charge in [-0.1, -0.05) is 0 Å². The molecule has 2 heterocycles. The zero-order valence-electron chi connectivity index (χ0n) is 17.0. The van der Waals surface area contributed by atoms with Crippen molar-refractivity contribution in [1.82, 2.24) is 9.88 Å². The van der Waals surface area contributed by atoms with Crippen molar-refractivity contribution >= 4 is 11.4 Å². The molecule has 1 aromatic heterocycles. The van der Waals surface area contributed by atoms with Gasteiger partial charge in [-0.25, -0.2) is 0 Å². The number of pyridine rings is 1. The van der Waals surface area contributed by atoms with Crippen LogP contribution < -0.4 is 15.0 Å². The molecule has 148 valence electrons. The van der Waals surface area contributed by atoms with Gasteiger partial charge in [0.05, 0.1) is 24.1 Å². The van der Waals surface area contributed by atoms with E-state index in [4.69, 9.17) is 4.74 Å². The number of rotatable bonds is 7. The fourth-order valence-corrected chi connectivity index (χ4v) is 3.66. The van der Waals surface area contributed by atoms with Gasteiger partial charge in [0.1, 0.15) is 11.8 Å². The highest BCUT2D eigenvalue weighted by Crippen LogP contribution is 2.21. The standard InChI is InChI=1S/C22H29N5O/c1-17-15-22(21(16-23)18(2)25-17)24-9-4-10-26-11-13-27(14-12-26)19-5-7-20(28-3)8-6-19/h5-8,15H,4,9-14H2,1-3H3,(H,24,25). The van der Waals surface area contributed by atoms with E-state index in [9.17, 15) is 5.26 Å². The van der Waals surface area contributed by atoms with Gasteiger partial charge in [-0.15, -0.1) is 0 Å². The van der Waals surface area contributed by atoms with Crippen LogP contribution in [0.3, 0.4) is 0 Å². The second-order valence-electron chi connectivity index (χ2n) is 7.19. The Morgan fingerprint density at radius 2 is 1.86 bits per heavy atom. The third kappa shape index (κ3) is 4.93. The quantitative estimate of drug-likeness (QED) is 0.746. The number of nitrogens with zero attached hydrogens (tertiary/aromatic N) is 4.